The van der Waals surface area contributed by atoms with Gasteiger partial charge in [-0.2, -0.15) is 0 Å². The van der Waals surface area contributed by atoms with E-state index in [0.29, 0.717) is 36.4 Å². The van der Waals surface area contributed by atoms with Gasteiger partial charge in [-0.3, -0.25) is 33.9 Å². The van der Waals surface area contributed by atoms with E-state index in [1.54, 1.807) is 12.1 Å². The molecule has 0 radical (unpaired) electrons. The van der Waals surface area contributed by atoms with E-state index in [4.69, 9.17) is 14.5 Å². The van der Waals surface area contributed by atoms with Gasteiger partial charge in [0, 0.05) is 49.9 Å². The number of ether oxygens (including phenoxy) is 2. The minimum absolute atomic E-state index is 0.0656. The highest BCUT2D eigenvalue weighted by Gasteiger charge is 2.23. The molecular weight excluding hydrogens is 514 g/mol. The number of aliphatic imine (C=N–C) groups is 1. The molecule has 40 heavy (non-hydrogen) atoms. The van der Waals surface area contributed by atoms with E-state index >= 15 is 0 Å². The number of nitrogens with one attached hydrogen (secondary N) is 1. The summed E-state index contributed by atoms with van der Waals surface area (Å²) in [6, 6.07) is 14.8. The number of fused-ring (bicyclic) bond motifs is 1. The van der Waals surface area contributed by atoms with Gasteiger partial charge >= 0.3 is 0 Å². The highest BCUT2D eigenvalue weighted by Crippen LogP contribution is 2.28. The van der Waals surface area contributed by atoms with Gasteiger partial charge in [-0.1, -0.05) is 30.3 Å². The maximum atomic E-state index is 12.5. The number of carbonyl (C=O) groups excluding carboxylic acids is 5. The zero-order valence-corrected chi connectivity index (χ0v) is 22.1. The number of rotatable bonds is 14. The first-order chi connectivity index (χ1) is 19.4. The smallest absolute Gasteiger partial charge is 0.253 e. The molecular formula is C30H31N3O7. The van der Waals surface area contributed by atoms with Gasteiger partial charge in [-0.15, -0.1) is 0 Å². The Kier molecular flexibility index (Phi) is 10.1. The van der Waals surface area contributed by atoms with Gasteiger partial charge in [-0.05, 0) is 30.2 Å². The third-order valence-corrected chi connectivity index (χ3v) is 6.37. The average molecular weight is 546 g/mol. The second-order valence-corrected chi connectivity index (χ2v) is 9.38. The van der Waals surface area contributed by atoms with Crippen molar-refractivity contribution in [1.29, 1.82) is 0 Å². The quantitative estimate of drug-likeness (QED) is 0.285. The van der Waals surface area contributed by atoms with Gasteiger partial charge in [-0.25, -0.2) is 0 Å². The van der Waals surface area contributed by atoms with Gasteiger partial charge in [0.05, 0.1) is 31.2 Å². The standard InChI is InChI=1S/C30H31N3O7/c34-22(7-5-14-31-28(36)13-16-39-17-15-33-29(37)11-12-30(33)38)20-40-27-10-4-2-8-24(27)26-19-23(35)18-21-6-1-3-9-25(21)32-26/h1-4,6,8-12H,5,7,13-20H2,(H,31,36). The summed E-state index contributed by atoms with van der Waals surface area (Å²) in [6.45, 7) is 0.655. The normalized spacial score (nSPS) is 14.6. The van der Waals surface area contributed by atoms with Crippen LogP contribution in [0.3, 0.4) is 0 Å². The lowest BCUT2D eigenvalue weighted by atomic mass is 10.0. The van der Waals surface area contributed by atoms with Crippen molar-refractivity contribution in [2.75, 3.05) is 32.9 Å². The van der Waals surface area contributed by atoms with Crippen LogP contribution in [-0.4, -0.2) is 72.8 Å². The van der Waals surface area contributed by atoms with E-state index in [-0.39, 0.29) is 74.9 Å². The van der Waals surface area contributed by atoms with Crippen molar-refractivity contribution in [2.24, 2.45) is 4.99 Å². The van der Waals surface area contributed by atoms with Crippen LogP contribution in [0.25, 0.3) is 0 Å². The van der Waals surface area contributed by atoms with Gasteiger partial charge < -0.3 is 14.8 Å². The topological polar surface area (TPSA) is 131 Å². The molecule has 1 N–H and O–H groups in total. The van der Waals surface area contributed by atoms with Crippen LogP contribution in [0.4, 0.5) is 5.69 Å². The number of para-hydroxylation sites is 2. The first kappa shape index (κ1) is 28.6. The van der Waals surface area contributed by atoms with Crippen molar-refractivity contribution >= 4 is 40.7 Å². The summed E-state index contributed by atoms with van der Waals surface area (Å²) in [7, 11) is 0. The number of ketones is 2. The summed E-state index contributed by atoms with van der Waals surface area (Å²) < 4.78 is 11.2. The molecule has 0 spiro atoms. The number of Topliss-reactive ketones (excluding diaryl/α,β-unsaturated/α-hetero) is 2. The molecule has 2 aliphatic rings. The lowest BCUT2D eigenvalue weighted by Gasteiger charge is -2.13. The van der Waals surface area contributed by atoms with Crippen LogP contribution in [0.5, 0.6) is 5.75 Å². The summed E-state index contributed by atoms with van der Waals surface area (Å²) in [5.74, 6) is -0.509. The fourth-order valence-electron chi connectivity index (χ4n) is 4.31. The van der Waals surface area contributed by atoms with Gasteiger partial charge in [0.2, 0.25) is 5.91 Å². The van der Waals surface area contributed by atoms with Crippen LogP contribution in [0, 0.1) is 0 Å². The van der Waals surface area contributed by atoms with Gasteiger partial charge in [0.15, 0.2) is 5.78 Å². The van der Waals surface area contributed by atoms with Crippen LogP contribution < -0.4 is 10.1 Å². The molecule has 0 saturated carbocycles. The van der Waals surface area contributed by atoms with Gasteiger partial charge in [0.25, 0.3) is 11.8 Å². The monoisotopic (exact) mass is 545 g/mol. The Morgan fingerprint density at radius 3 is 2.48 bits per heavy atom. The highest BCUT2D eigenvalue weighted by atomic mass is 16.5. The Morgan fingerprint density at radius 2 is 1.65 bits per heavy atom. The second-order valence-electron chi connectivity index (χ2n) is 9.38. The Morgan fingerprint density at radius 1 is 0.900 bits per heavy atom. The Labute approximate surface area is 232 Å². The van der Waals surface area contributed by atoms with E-state index < -0.39 is 0 Å². The van der Waals surface area contributed by atoms with Crippen LogP contribution >= 0.6 is 0 Å². The van der Waals surface area contributed by atoms with Crippen LogP contribution in [0.15, 0.2) is 65.7 Å². The molecule has 0 aromatic heterocycles. The van der Waals surface area contributed by atoms with E-state index in [0.717, 1.165) is 16.2 Å². The summed E-state index contributed by atoms with van der Waals surface area (Å²) in [5.41, 5.74) is 2.95. The first-order valence-corrected chi connectivity index (χ1v) is 13.2. The third kappa shape index (κ3) is 8.03. The fraction of sp³-hybridized carbons (Fsp3) is 0.333. The summed E-state index contributed by atoms with van der Waals surface area (Å²) in [6.07, 6.45) is 3.76. The minimum atomic E-state index is -0.368. The summed E-state index contributed by atoms with van der Waals surface area (Å²) in [5, 5.41) is 2.74. The number of amides is 3. The molecule has 208 valence electrons. The zero-order chi connectivity index (χ0) is 28.3. The van der Waals surface area contributed by atoms with Crippen LogP contribution in [0.2, 0.25) is 0 Å². The maximum Gasteiger partial charge on any atom is 0.253 e. The number of carbonyl (C=O) groups is 5. The molecule has 3 amide bonds. The number of nitrogens with zero attached hydrogens (tertiary/aromatic N) is 2. The molecule has 2 aliphatic heterocycles. The third-order valence-electron chi connectivity index (χ3n) is 6.37. The van der Waals surface area contributed by atoms with Crippen LogP contribution in [0.1, 0.15) is 36.8 Å². The van der Waals surface area contributed by atoms with Crippen molar-refractivity contribution in [3.05, 3.63) is 71.8 Å². The van der Waals surface area contributed by atoms with Crippen molar-refractivity contribution in [1.82, 2.24) is 10.2 Å². The fourth-order valence-corrected chi connectivity index (χ4v) is 4.31. The van der Waals surface area contributed by atoms with E-state index in [9.17, 15) is 24.0 Å². The molecule has 0 fully saturated rings. The Hall–Kier alpha value is -4.44. The lowest BCUT2D eigenvalue weighted by Crippen LogP contribution is -2.33. The SMILES string of the molecule is O=C(CCCNC(=O)CCOCCN1C(=O)C=CC1=O)COc1ccccc1C1=Nc2ccccc2CC(=O)C1. The molecule has 10 nitrogen and oxygen atoms in total. The summed E-state index contributed by atoms with van der Waals surface area (Å²) in [4.78, 5) is 65.6. The predicted octanol–water partition coefficient (Wildman–Crippen LogP) is 2.50. The van der Waals surface area contributed by atoms with Crippen LogP contribution in [-0.2, 0) is 35.1 Å². The molecule has 0 aliphatic carbocycles. The minimum Gasteiger partial charge on any atom is -0.485 e. The molecule has 4 rings (SSSR count). The first-order valence-electron chi connectivity index (χ1n) is 13.2. The van der Waals surface area contributed by atoms with E-state index in [1.165, 1.54) is 12.2 Å². The summed E-state index contributed by atoms with van der Waals surface area (Å²) >= 11 is 0. The number of benzene rings is 2. The Bertz CT molecular complexity index is 1330. The molecule has 0 bridgehead atoms. The van der Waals surface area contributed by atoms with E-state index in [2.05, 4.69) is 5.32 Å². The molecule has 2 heterocycles. The zero-order valence-electron chi connectivity index (χ0n) is 22.1. The van der Waals surface area contributed by atoms with Crippen molar-refractivity contribution in [3.63, 3.8) is 0 Å². The molecule has 2 aromatic rings. The molecule has 0 unspecified atom stereocenters. The van der Waals surface area contributed by atoms with Crippen molar-refractivity contribution < 1.29 is 33.4 Å². The largest absolute Gasteiger partial charge is 0.485 e. The second kappa shape index (κ2) is 14.1. The van der Waals surface area contributed by atoms with Crippen molar-refractivity contribution in [3.8, 4) is 5.75 Å². The molecule has 0 atom stereocenters. The average Bonchev–Trinajstić information content (AvgIpc) is 3.16. The number of hydrogen-bond acceptors (Lipinski definition) is 8. The van der Waals surface area contributed by atoms with E-state index in [1.807, 2.05) is 36.4 Å². The lowest BCUT2D eigenvalue weighted by molar-refractivity contribution is -0.138. The predicted molar refractivity (Wildman–Crippen MR) is 146 cm³/mol. The number of hydrogen-bond donors (Lipinski definition) is 1. The van der Waals surface area contributed by atoms with Crippen molar-refractivity contribution in [2.45, 2.75) is 32.1 Å². The Balaban J connectivity index is 1.15. The van der Waals surface area contributed by atoms with Gasteiger partial charge in [0.1, 0.15) is 18.1 Å². The highest BCUT2D eigenvalue weighted by molar-refractivity contribution is 6.15. The molecule has 2 aromatic carbocycles. The molecule has 0 saturated heterocycles. The maximum absolute atomic E-state index is 12.5. The molecule has 10 heteroatoms. The number of imide groups is 1.